The Morgan fingerprint density at radius 2 is 2.03 bits per heavy atom. The van der Waals surface area contributed by atoms with E-state index in [9.17, 15) is 4.79 Å². The number of para-hydroxylation sites is 2. The van der Waals surface area contributed by atoms with Gasteiger partial charge in [-0.05, 0) is 43.2 Å². The van der Waals surface area contributed by atoms with E-state index in [1.807, 2.05) is 60.6 Å². The summed E-state index contributed by atoms with van der Waals surface area (Å²) in [5.41, 5.74) is 3.02. The molecule has 0 saturated carbocycles. The third kappa shape index (κ3) is 3.67. The molecule has 6 heteroatoms. The Morgan fingerprint density at radius 3 is 2.83 bits per heavy atom. The number of aromatic nitrogens is 2. The zero-order chi connectivity index (χ0) is 20.4. The summed E-state index contributed by atoms with van der Waals surface area (Å²) >= 11 is 0. The molecule has 0 bridgehead atoms. The Hall–Kier alpha value is -3.02. The average molecular weight is 393 g/mol. The van der Waals surface area contributed by atoms with Crippen LogP contribution in [0.1, 0.15) is 31.4 Å². The number of methoxy groups -OCH3 is 2. The van der Waals surface area contributed by atoms with E-state index in [0.29, 0.717) is 6.54 Å². The van der Waals surface area contributed by atoms with Crippen molar-refractivity contribution in [2.45, 2.75) is 32.4 Å². The van der Waals surface area contributed by atoms with Crippen molar-refractivity contribution in [2.24, 2.45) is 5.92 Å². The molecule has 0 N–H and O–H groups in total. The molecule has 29 heavy (non-hydrogen) atoms. The van der Waals surface area contributed by atoms with Gasteiger partial charge in [0.2, 0.25) is 5.91 Å². The van der Waals surface area contributed by atoms with Crippen LogP contribution >= 0.6 is 0 Å². The van der Waals surface area contributed by atoms with E-state index in [4.69, 9.17) is 9.47 Å². The SMILES string of the molecule is COc1ccc(OC)c([C@H]2CCCN2C(=O)[C@@H](C)Cn2cnc3ccccc32)c1. The standard InChI is InChI=1S/C23H27N3O3/c1-16(14-25-15-24-19-7-4-5-8-21(19)25)23(27)26-12-6-9-20(26)18-13-17(28-2)10-11-22(18)29-3/h4-5,7-8,10-11,13,15-16,20H,6,9,12,14H2,1-3H3/t16-,20+/m0/s1. The molecule has 6 nitrogen and oxygen atoms in total. The zero-order valence-corrected chi connectivity index (χ0v) is 17.2. The molecule has 1 aromatic heterocycles. The van der Waals surface area contributed by atoms with Crippen LogP contribution in [-0.4, -0.2) is 41.1 Å². The first-order valence-corrected chi connectivity index (χ1v) is 10.0. The van der Waals surface area contributed by atoms with Crippen LogP contribution in [0.15, 0.2) is 48.8 Å². The van der Waals surface area contributed by atoms with Crippen molar-refractivity contribution >= 4 is 16.9 Å². The third-order valence-corrected chi connectivity index (χ3v) is 5.75. The number of ether oxygens (including phenoxy) is 2. The number of carbonyl (C=O) groups is 1. The molecule has 4 rings (SSSR count). The molecular formula is C23H27N3O3. The summed E-state index contributed by atoms with van der Waals surface area (Å²) in [4.78, 5) is 19.8. The number of rotatable bonds is 6. The molecule has 2 atom stereocenters. The van der Waals surface area contributed by atoms with Crippen LogP contribution in [0.25, 0.3) is 11.0 Å². The number of carbonyl (C=O) groups excluding carboxylic acids is 1. The maximum absolute atomic E-state index is 13.4. The van der Waals surface area contributed by atoms with Crippen LogP contribution < -0.4 is 9.47 Å². The Bertz CT molecular complexity index is 1010. The molecule has 0 unspecified atom stereocenters. The highest BCUT2D eigenvalue weighted by Crippen LogP contribution is 2.39. The predicted molar refractivity (Wildman–Crippen MR) is 112 cm³/mol. The minimum Gasteiger partial charge on any atom is -0.497 e. The summed E-state index contributed by atoms with van der Waals surface area (Å²) in [6.45, 7) is 3.37. The molecule has 0 aliphatic carbocycles. The Labute approximate surface area is 171 Å². The van der Waals surface area contributed by atoms with Gasteiger partial charge in [-0.1, -0.05) is 19.1 Å². The van der Waals surface area contributed by atoms with Crippen LogP contribution in [0.3, 0.4) is 0 Å². The first kappa shape index (κ1) is 19.3. The van der Waals surface area contributed by atoms with Crippen molar-refractivity contribution in [1.29, 1.82) is 0 Å². The maximum atomic E-state index is 13.4. The lowest BCUT2D eigenvalue weighted by atomic mass is 10.0. The Kier molecular flexibility index (Phi) is 5.43. The van der Waals surface area contributed by atoms with E-state index >= 15 is 0 Å². The van der Waals surface area contributed by atoms with Crippen molar-refractivity contribution < 1.29 is 14.3 Å². The fraction of sp³-hybridized carbons (Fsp3) is 0.391. The van der Waals surface area contributed by atoms with Crippen LogP contribution in [0.4, 0.5) is 0 Å². The number of likely N-dealkylation sites (tertiary alicyclic amines) is 1. The Morgan fingerprint density at radius 1 is 1.21 bits per heavy atom. The van der Waals surface area contributed by atoms with Crippen LogP contribution in [0, 0.1) is 5.92 Å². The molecule has 2 heterocycles. The topological polar surface area (TPSA) is 56.6 Å². The second kappa shape index (κ2) is 8.15. The summed E-state index contributed by atoms with van der Waals surface area (Å²) < 4.78 is 13.0. The molecule has 1 aliphatic rings. The highest BCUT2D eigenvalue weighted by Gasteiger charge is 2.34. The molecule has 1 aliphatic heterocycles. The number of fused-ring (bicyclic) bond motifs is 1. The summed E-state index contributed by atoms with van der Waals surface area (Å²) in [6, 6.07) is 13.8. The number of hydrogen-bond donors (Lipinski definition) is 0. The summed E-state index contributed by atoms with van der Waals surface area (Å²) in [7, 11) is 3.32. The van der Waals surface area contributed by atoms with Crippen LogP contribution in [0.2, 0.25) is 0 Å². The fourth-order valence-electron chi connectivity index (χ4n) is 4.27. The smallest absolute Gasteiger partial charge is 0.227 e. The minimum absolute atomic E-state index is 0.00883. The molecule has 0 spiro atoms. The molecule has 1 fully saturated rings. The summed E-state index contributed by atoms with van der Waals surface area (Å²) in [5, 5.41) is 0. The summed E-state index contributed by atoms with van der Waals surface area (Å²) in [6.07, 6.45) is 3.73. The molecule has 1 saturated heterocycles. The summed E-state index contributed by atoms with van der Waals surface area (Å²) in [5.74, 6) is 1.58. The van der Waals surface area contributed by atoms with E-state index in [0.717, 1.165) is 47.5 Å². The van der Waals surface area contributed by atoms with Gasteiger partial charge in [0.1, 0.15) is 11.5 Å². The van der Waals surface area contributed by atoms with Crippen molar-refractivity contribution in [1.82, 2.24) is 14.5 Å². The van der Waals surface area contributed by atoms with Gasteiger partial charge in [-0.15, -0.1) is 0 Å². The molecule has 0 radical (unpaired) electrons. The lowest BCUT2D eigenvalue weighted by Gasteiger charge is -2.29. The monoisotopic (exact) mass is 393 g/mol. The van der Waals surface area contributed by atoms with Crippen molar-refractivity contribution in [2.75, 3.05) is 20.8 Å². The van der Waals surface area contributed by atoms with Gasteiger partial charge in [0.25, 0.3) is 0 Å². The molecular weight excluding hydrogens is 366 g/mol. The van der Waals surface area contributed by atoms with Gasteiger partial charge in [-0.3, -0.25) is 4.79 Å². The fourth-order valence-corrected chi connectivity index (χ4v) is 4.27. The van der Waals surface area contributed by atoms with Gasteiger partial charge in [-0.25, -0.2) is 4.98 Å². The second-order valence-corrected chi connectivity index (χ2v) is 7.58. The molecule has 3 aromatic rings. The highest BCUT2D eigenvalue weighted by molar-refractivity contribution is 5.80. The quantitative estimate of drug-likeness (QED) is 0.634. The molecule has 1 amide bonds. The van der Waals surface area contributed by atoms with Crippen molar-refractivity contribution in [3.05, 3.63) is 54.4 Å². The maximum Gasteiger partial charge on any atom is 0.227 e. The van der Waals surface area contributed by atoms with Gasteiger partial charge < -0.3 is 18.9 Å². The van der Waals surface area contributed by atoms with Gasteiger partial charge in [-0.2, -0.15) is 0 Å². The number of benzene rings is 2. The number of amides is 1. The second-order valence-electron chi connectivity index (χ2n) is 7.58. The van der Waals surface area contributed by atoms with Gasteiger partial charge in [0.15, 0.2) is 0 Å². The van der Waals surface area contributed by atoms with Crippen LogP contribution in [0.5, 0.6) is 11.5 Å². The average Bonchev–Trinajstić information content (AvgIpc) is 3.40. The predicted octanol–water partition coefficient (Wildman–Crippen LogP) is 4.05. The van der Waals surface area contributed by atoms with Gasteiger partial charge in [0, 0.05) is 18.7 Å². The van der Waals surface area contributed by atoms with E-state index in [-0.39, 0.29) is 17.9 Å². The first-order valence-electron chi connectivity index (χ1n) is 10.0. The lowest BCUT2D eigenvalue weighted by Crippen LogP contribution is -2.36. The van der Waals surface area contributed by atoms with E-state index in [1.54, 1.807) is 14.2 Å². The highest BCUT2D eigenvalue weighted by atomic mass is 16.5. The largest absolute Gasteiger partial charge is 0.497 e. The van der Waals surface area contributed by atoms with Crippen LogP contribution in [-0.2, 0) is 11.3 Å². The molecule has 2 aromatic carbocycles. The van der Waals surface area contributed by atoms with E-state index < -0.39 is 0 Å². The van der Waals surface area contributed by atoms with E-state index in [1.165, 1.54) is 0 Å². The first-order chi connectivity index (χ1) is 14.1. The van der Waals surface area contributed by atoms with E-state index in [2.05, 4.69) is 9.55 Å². The Balaban J connectivity index is 1.56. The number of imidazole rings is 1. The molecule has 152 valence electrons. The normalized spacial score (nSPS) is 17.5. The van der Waals surface area contributed by atoms with Gasteiger partial charge in [0.05, 0.1) is 43.5 Å². The van der Waals surface area contributed by atoms with Gasteiger partial charge >= 0.3 is 0 Å². The third-order valence-electron chi connectivity index (χ3n) is 5.75. The number of hydrogen-bond acceptors (Lipinski definition) is 4. The lowest BCUT2D eigenvalue weighted by molar-refractivity contribution is -0.136. The number of nitrogens with zero attached hydrogens (tertiary/aromatic N) is 3. The minimum atomic E-state index is -0.148. The zero-order valence-electron chi connectivity index (χ0n) is 17.2. The van der Waals surface area contributed by atoms with Crippen molar-refractivity contribution in [3.63, 3.8) is 0 Å². The van der Waals surface area contributed by atoms with Crippen molar-refractivity contribution in [3.8, 4) is 11.5 Å².